The normalized spacial score (nSPS) is 10.8. The van der Waals surface area contributed by atoms with Crippen LogP contribution in [0.15, 0.2) is 58.1 Å². The van der Waals surface area contributed by atoms with Crippen molar-refractivity contribution in [2.45, 2.75) is 13.5 Å². The number of ether oxygens (including phenoxy) is 3. The molecule has 0 fully saturated rings. The summed E-state index contributed by atoms with van der Waals surface area (Å²) in [5, 5.41) is 7.68. The first-order chi connectivity index (χ1) is 17.7. The van der Waals surface area contributed by atoms with Gasteiger partial charge in [0, 0.05) is 20.6 Å². The molecule has 0 unspecified atom stereocenters. The fourth-order valence-corrected chi connectivity index (χ4v) is 4.24. The number of hydrogen-bond acceptors (Lipinski definition) is 6. The molecule has 3 aromatic carbocycles. The average molecular weight is 630 g/mol. The van der Waals surface area contributed by atoms with Gasteiger partial charge in [-0.1, -0.05) is 40.9 Å². The Morgan fingerprint density at radius 2 is 1.70 bits per heavy atom. The third-order valence-corrected chi connectivity index (χ3v) is 6.13. The minimum atomic E-state index is -0.984. The third kappa shape index (κ3) is 8.00. The van der Waals surface area contributed by atoms with Crippen LogP contribution < -0.4 is 25.0 Å². The lowest BCUT2D eigenvalue weighted by molar-refractivity contribution is -0.136. The second kappa shape index (κ2) is 13.5. The van der Waals surface area contributed by atoms with Crippen LogP contribution in [0.3, 0.4) is 0 Å². The Balaban J connectivity index is 1.68. The highest BCUT2D eigenvalue weighted by atomic mass is 79.9. The van der Waals surface area contributed by atoms with Gasteiger partial charge < -0.3 is 19.5 Å². The molecule has 3 rings (SSSR count). The van der Waals surface area contributed by atoms with Crippen molar-refractivity contribution in [2.75, 3.05) is 19.0 Å². The molecule has 0 heterocycles. The van der Waals surface area contributed by atoms with Crippen LogP contribution in [0.2, 0.25) is 15.1 Å². The van der Waals surface area contributed by atoms with Crippen molar-refractivity contribution < 1.29 is 23.8 Å². The molecule has 2 N–H and O–H groups in total. The maximum Gasteiger partial charge on any atom is 0.329 e. The minimum absolute atomic E-state index is 0.185. The van der Waals surface area contributed by atoms with E-state index in [0.717, 1.165) is 5.56 Å². The highest BCUT2D eigenvalue weighted by molar-refractivity contribution is 9.10. The number of hydrazone groups is 1. The highest BCUT2D eigenvalue weighted by Gasteiger charge is 2.16. The summed E-state index contributed by atoms with van der Waals surface area (Å²) < 4.78 is 17.4. The number of benzene rings is 3. The van der Waals surface area contributed by atoms with Crippen LogP contribution >= 0.6 is 50.7 Å². The summed E-state index contributed by atoms with van der Waals surface area (Å²) in [5.74, 6) is -0.673. The van der Waals surface area contributed by atoms with Crippen molar-refractivity contribution >= 4 is 74.4 Å². The predicted molar refractivity (Wildman–Crippen MR) is 148 cm³/mol. The molecule has 0 aromatic heterocycles. The number of hydrogen-bond donors (Lipinski definition) is 2. The van der Waals surface area contributed by atoms with E-state index in [1.54, 1.807) is 42.5 Å². The van der Waals surface area contributed by atoms with E-state index in [1.807, 2.05) is 6.92 Å². The number of carbonyl (C=O) groups excluding carboxylic acids is 2. The number of methoxy groups -OCH3 is 1. The molecule has 37 heavy (non-hydrogen) atoms. The van der Waals surface area contributed by atoms with E-state index in [9.17, 15) is 9.59 Å². The molecule has 0 saturated heterocycles. The molecule has 12 heteroatoms. The Morgan fingerprint density at radius 1 is 0.973 bits per heavy atom. The van der Waals surface area contributed by atoms with Gasteiger partial charge in [-0.3, -0.25) is 9.59 Å². The molecule has 8 nitrogen and oxygen atoms in total. The average Bonchev–Trinajstić information content (AvgIpc) is 2.85. The van der Waals surface area contributed by atoms with Gasteiger partial charge in [0.1, 0.15) is 12.4 Å². The second-order valence-corrected chi connectivity index (χ2v) is 9.42. The zero-order valence-corrected chi connectivity index (χ0v) is 23.5. The Labute approximate surface area is 237 Å². The van der Waals surface area contributed by atoms with E-state index in [1.165, 1.54) is 19.4 Å². The van der Waals surface area contributed by atoms with Crippen molar-refractivity contribution in [3.05, 3.63) is 79.2 Å². The van der Waals surface area contributed by atoms with Crippen LogP contribution in [0.1, 0.15) is 18.1 Å². The van der Waals surface area contributed by atoms with Crippen molar-refractivity contribution in [2.24, 2.45) is 5.10 Å². The standard InChI is InChI=1S/C25H21BrCl3N3O5/c1-3-36-22-9-14(8-18(26)23(22)37-13-15-4-5-16(27)10-19(15)29)12-30-32-25(34)24(33)31-20-11-17(28)6-7-21(20)35-2/h4-12H,3,13H2,1-2H3,(H,31,33)(H,32,34)/b30-12+. The zero-order valence-electron chi connectivity index (χ0n) is 19.6. The summed E-state index contributed by atoms with van der Waals surface area (Å²) in [5.41, 5.74) is 3.75. The van der Waals surface area contributed by atoms with Crippen LogP contribution in [0.25, 0.3) is 0 Å². The minimum Gasteiger partial charge on any atom is -0.495 e. The number of amides is 2. The smallest absolute Gasteiger partial charge is 0.329 e. The van der Waals surface area contributed by atoms with Gasteiger partial charge in [0.2, 0.25) is 0 Å². The quantitative estimate of drug-likeness (QED) is 0.160. The van der Waals surface area contributed by atoms with Crippen molar-refractivity contribution in [1.82, 2.24) is 5.43 Å². The molecule has 0 bridgehead atoms. The van der Waals surface area contributed by atoms with Gasteiger partial charge in [-0.25, -0.2) is 5.43 Å². The zero-order chi connectivity index (χ0) is 26.9. The summed E-state index contributed by atoms with van der Waals surface area (Å²) in [6, 6.07) is 13.2. The predicted octanol–water partition coefficient (Wildman–Crippen LogP) is 6.48. The molecule has 0 spiro atoms. The highest BCUT2D eigenvalue weighted by Crippen LogP contribution is 2.37. The number of nitrogens with zero attached hydrogens (tertiary/aromatic N) is 1. The van der Waals surface area contributed by atoms with E-state index in [2.05, 4.69) is 31.8 Å². The summed E-state index contributed by atoms with van der Waals surface area (Å²) >= 11 is 21.6. The molecular formula is C25H21BrCl3N3O5. The molecule has 0 saturated carbocycles. The number of carbonyl (C=O) groups is 2. The first kappa shape index (κ1) is 28.6. The monoisotopic (exact) mass is 627 g/mol. The fraction of sp³-hybridized carbons (Fsp3) is 0.160. The molecule has 3 aromatic rings. The van der Waals surface area contributed by atoms with Crippen LogP contribution in [-0.4, -0.2) is 31.7 Å². The molecule has 0 aliphatic rings. The van der Waals surface area contributed by atoms with Crippen LogP contribution in [0.4, 0.5) is 5.69 Å². The van der Waals surface area contributed by atoms with Gasteiger partial charge in [-0.05, 0) is 70.9 Å². The molecule has 194 valence electrons. The third-order valence-electron chi connectivity index (χ3n) is 4.71. The topological polar surface area (TPSA) is 98.2 Å². The van der Waals surface area contributed by atoms with E-state index >= 15 is 0 Å². The number of rotatable bonds is 9. The molecular weight excluding hydrogens is 609 g/mol. The van der Waals surface area contributed by atoms with Crippen molar-refractivity contribution in [1.29, 1.82) is 0 Å². The van der Waals surface area contributed by atoms with Crippen LogP contribution in [0, 0.1) is 0 Å². The maximum atomic E-state index is 12.2. The summed E-state index contributed by atoms with van der Waals surface area (Å²) in [7, 11) is 1.43. The maximum absolute atomic E-state index is 12.2. The van der Waals surface area contributed by atoms with E-state index in [4.69, 9.17) is 49.0 Å². The number of nitrogens with one attached hydrogen (secondary N) is 2. The van der Waals surface area contributed by atoms with E-state index in [-0.39, 0.29) is 12.3 Å². The van der Waals surface area contributed by atoms with Gasteiger partial charge in [0.05, 0.1) is 30.1 Å². The first-order valence-electron chi connectivity index (χ1n) is 10.7. The van der Waals surface area contributed by atoms with E-state index < -0.39 is 11.8 Å². The Hall–Kier alpha value is -2.98. The molecule has 0 atom stereocenters. The molecule has 0 aliphatic carbocycles. The van der Waals surface area contributed by atoms with Crippen LogP contribution in [-0.2, 0) is 16.2 Å². The van der Waals surface area contributed by atoms with Gasteiger partial charge >= 0.3 is 11.8 Å². The van der Waals surface area contributed by atoms with Crippen molar-refractivity contribution in [3.8, 4) is 17.2 Å². The SMILES string of the molecule is CCOc1cc(/C=N/NC(=O)C(=O)Nc2cc(Cl)ccc2OC)cc(Br)c1OCc1ccc(Cl)cc1Cl. The summed E-state index contributed by atoms with van der Waals surface area (Å²) in [6.45, 7) is 2.40. The van der Waals surface area contributed by atoms with Crippen molar-refractivity contribution in [3.63, 3.8) is 0 Å². The largest absolute Gasteiger partial charge is 0.495 e. The van der Waals surface area contributed by atoms with Gasteiger partial charge in [-0.15, -0.1) is 0 Å². The number of halogens is 4. The summed E-state index contributed by atoms with van der Waals surface area (Å²) in [6.07, 6.45) is 1.36. The first-order valence-corrected chi connectivity index (χ1v) is 12.7. The Bertz CT molecular complexity index is 1340. The van der Waals surface area contributed by atoms with Crippen LogP contribution in [0.5, 0.6) is 17.2 Å². The lowest BCUT2D eigenvalue weighted by Gasteiger charge is -2.15. The van der Waals surface area contributed by atoms with Gasteiger partial charge in [-0.2, -0.15) is 5.10 Å². The number of anilines is 1. The molecule has 0 aliphatic heterocycles. The van der Waals surface area contributed by atoms with E-state index in [0.29, 0.717) is 49.0 Å². The molecule has 2 amide bonds. The second-order valence-electron chi connectivity index (χ2n) is 7.29. The molecule has 0 radical (unpaired) electrons. The fourth-order valence-electron chi connectivity index (χ4n) is 3.03. The lowest BCUT2D eigenvalue weighted by atomic mass is 10.2. The Morgan fingerprint density at radius 3 is 2.41 bits per heavy atom. The summed E-state index contributed by atoms with van der Waals surface area (Å²) in [4.78, 5) is 24.4. The van der Waals surface area contributed by atoms with Gasteiger partial charge in [0.15, 0.2) is 11.5 Å². The Kier molecular flexibility index (Phi) is 10.5. The lowest BCUT2D eigenvalue weighted by Crippen LogP contribution is -2.32. The van der Waals surface area contributed by atoms with Gasteiger partial charge in [0.25, 0.3) is 0 Å².